The molecule has 1 heterocycles. The van der Waals surface area contributed by atoms with Crippen molar-refractivity contribution in [2.45, 2.75) is 72.1 Å². The molecule has 0 spiro atoms. The van der Waals surface area contributed by atoms with Gasteiger partial charge in [-0.2, -0.15) is 0 Å². The van der Waals surface area contributed by atoms with Crippen LogP contribution in [0, 0.1) is 13.8 Å². The lowest BCUT2D eigenvalue weighted by Gasteiger charge is -2.35. The number of aryl methyl sites for hydroxylation is 2. The lowest BCUT2D eigenvalue weighted by molar-refractivity contribution is -0.129. The molecule has 0 aliphatic carbocycles. The van der Waals surface area contributed by atoms with E-state index in [-0.39, 0.29) is 11.9 Å². The number of likely N-dealkylation sites (tertiary alicyclic amines) is 1. The highest BCUT2D eigenvalue weighted by Crippen LogP contribution is 2.19. The Morgan fingerprint density at radius 1 is 1.25 bits per heavy atom. The van der Waals surface area contributed by atoms with Gasteiger partial charge in [0.1, 0.15) is 5.75 Å². The zero-order valence-corrected chi connectivity index (χ0v) is 15.8. The standard InChI is InChI=1S/C20H32N2O2/c1-6-19(24-18-8-7-15(4)16(5)13-18)20(23)21-17-9-11-22(12-10-17)14(2)3/h7-8,13-14,17,19H,6,9-12H2,1-5H3,(H,21,23)/t19-/m0/s1. The molecule has 1 N–H and O–H groups in total. The number of hydrogen-bond donors (Lipinski definition) is 1. The number of rotatable bonds is 6. The van der Waals surface area contributed by atoms with Gasteiger partial charge in [-0.15, -0.1) is 0 Å². The highest BCUT2D eigenvalue weighted by Gasteiger charge is 2.25. The summed E-state index contributed by atoms with van der Waals surface area (Å²) >= 11 is 0. The Labute approximate surface area is 146 Å². The average molecular weight is 332 g/mol. The van der Waals surface area contributed by atoms with Crippen molar-refractivity contribution in [1.82, 2.24) is 10.2 Å². The van der Waals surface area contributed by atoms with E-state index in [1.165, 1.54) is 11.1 Å². The van der Waals surface area contributed by atoms with Crippen molar-refractivity contribution in [3.05, 3.63) is 29.3 Å². The quantitative estimate of drug-likeness (QED) is 0.867. The predicted molar refractivity (Wildman–Crippen MR) is 98.5 cm³/mol. The maximum absolute atomic E-state index is 12.6. The van der Waals surface area contributed by atoms with E-state index in [0.29, 0.717) is 12.5 Å². The van der Waals surface area contributed by atoms with Gasteiger partial charge < -0.3 is 15.0 Å². The minimum Gasteiger partial charge on any atom is -0.481 e. The van der Waals surface area contributed by atoms with E-state index in [1.807, 2.05) is 25.1 Å². The maximum Gasteiger partial charge on any atom is 0.261 e. The fourth-order valence-corrected chi connectivity index (χ4v) is 3.13. The van der Waals surface area contributed by atoms with Crippen molar-refractivity contribution in [2.24, 2.45) is 0 Å². The van der Waals surface area contributed by atoms with Crippen molar-refractivity contribution in [2.75, 3.05) is 13.1 Å². The predicted octanol–water partition coefficient (Wildman–Crippen LogP) is 3.45. The molecule has 1 fully saturated rings. The molecule has 1 aliphatic rings. The minimum absolute atomic E-state index is 0.0127. The smallest absolute Gasteiger partial charge is 0.261 e. The van der Waals surface area contributed by atoms with Gasteiger partial charge in [0.2, 0.25) is 0 Å². The van der Waals surface area contributed by atoms with E-state index in [4.69, 9.17) is 4.74 Å². The van der Waals surface area contributed by atoms with Crippen LogP contribution in [-0.2, 0) is 4.79 Å². The third-order valence-electron chi connectivity index (χ3n) is 5.03. The summed E-state index contributed by atoms with van der Waals surface area (Å²) in [6.07, 6.45) is 2.28. The summed E-state index contributed by atoms with van der Waals surface area (Å²) in [6, 6.07) is 6.84. The van der Waals surface area contributed by atoms with Crippen molar-refractivity contribution < 1.29 is 9.53 Å². The largest absolute Gasteiger partial charge is 0.481 e. The molecule has 1 amide bonds. The SMILES string of the molecule is CC[C@H](Oc1ccc(C)c(C)c1)C(=O)NC1CCN(C(C)C)CC1. The first-order valence-corrected chi connectivity index (χ1v) is 9.19. The molecule has 1 saturated heterocycles. The van der Waals surface area contributed by atoms with E-state index < -0.39 is 6.10 Å². The highest BCUT2D eigenvalue weighted by molar-refractivity contribution is 5.81. The van der Waals surface area contributed by atoms with Gasteiger partial charge in [0.05, 0.1) is 0 Å². The lowest BCUT2D eigenvalue weighted by Crippen LogP contribution is -2.49. The summed E-state index contributed by atoms with van der Waals surface area (Å²) in [6.45, 7) is 12.7. The van der Waals surface area contributed by atoms with E-state index in [0.717, 1.165) is 31.7 Å². The van der Waals surface area contributed by atoms with Gasteiger partial charge in [0, 0.05) is 25.2 Å². The van der Waals surface area contributed by atoms with E-state index >= 15 is 0 Å². The van der Waals surface area contributed by atoms with Crippen LogP contribution in [0.1, 0.15) is 51.2 Å². The Morgan fingerprint density at radius 2 is 1.92 bits per heavy atom. The molecule has 0 unspecified atom stereocenters. The monoisotopic (exact) mass is 332 g/mol. The number of hydrogen-bond acceptors (Lipinski definition) is 3. The molecule has 0 radical (unpaired) electrons. The molecular weight excluding hydrogens is 300 g/mol. The highest BCUT2D eigenvalue weighted by atomic mass is 16.5. The average Bonchev–Trinajstić information content (AvgIpc) is 2.56. The van der Waals surface area contributed by atoms with Crippen molar-refractivity contribution in [1.29, 1.82) is 0 Å². The summed E-state index contributed by atoms with van der Waals surface area (Å²) in [5, 5.41) is 3.18. The van der Waals surface area contributed by atoms with Crippen LogP contribution in [-0.4, -0.2) is 42.1 Å². The normalized spacial score (nSPS) is 17.8. The van der Waals surface area contributed by atoms with Crippen LogP contribution in [0.15, 0.2) is 18.2 Å². The first-order valence-electron chi connectivity index (χ1n) is 9.19. The molecular formula is C20H32N2O2. The lowest BCUT2D eigenvalue weighted by atomic mass is 10.0. The van der Waals surface area contributed by atoms with Crippen LogP contribution in [0.3, 0.4) is 0 Å². The molecule has 4 heteroatoms. The summed E-state index contributed by atoms with van der Waals surface area (Å²) in [7, 11) is 0. The Hall–Kier alpha value is -1.55. The Kier molecular flexibility index (Phi) is 6.67. The molecule has 24 heavy (non-hydrogen) atoms. The minimum atomic E-state index is -0.421. The second kappa shape index (κ2) is 8.52. The molecule has 1 aliphatic heterocycles. The number of carbonyl (C=O) groups excluding carboxylic acids is 1. The molecule has 0 saturated carbocycles. The van der Waals surface area contributed by atoms with Crippen molar-refractivity contribution in [3.8, 4) is 5.75 Å². The second-order valence-corrected chi connectivity index (χ2v) is 7.17. The van der Waals surface area contributed by atoms with Crippen LogP contribution in [0.4, 0.5) is 0 Å². The third kappa shape index (κ3) is 4.97. The summed E-state index contributed by atoms with van der Waals surface area (Å²) in [5.74, 6) is 0.786. The number of amides is 1. The van der Waals surface area contributed by atoms with E-state index in [9.17, 15) is 4.79 Å². The van der Waals surface area contributed by atoms with Crippen LogP contribution in [0.2, 0.25) is 0 Å². The second-order valence-electron chi connectivity index (χ2n) is 7.17. The van der Waals surface area contributed by atoms with Crippen molar-refractivity contribution in [3.63, 3.8) is 0 Å². The maximum atomic E-state index is 12.6. The Bertz CT molecular complexity index is 549. The zero-order valence-electron chi connectivity index (χ0n) is 15.8. The summed E-state index contributed by atoms with van der Waals surface area (Å²) < 4.78 is 5.94. The molecule has 2 rings (SSSR count). The fourth-order valence-electron chi connectivity index (χ4n) is 3.13. The number of nitrogens with one attached hydrogen (secondary N) is 1. The molecule has 0 aromatic heterocycles. The number of nitrogens with zero attached hydrogens (tertiary/aromatic N) is 1. The van der Waals surface area contributed by atoms with Gasteiger partial charge in [0.25, 0.3) is 5.91 Å². The van der Waals surface area contributed by atoms with Gasteiger partial charge in [-0.1, -0.05) is 13.0 Å². The topological polar surface area (TPSA) is 41.6 Å². The number of piperidine rings is 1. The van der Waals surface area contributed by atoms with Gasteiger partial charge >= 0.3 is 0 Å². The number of benzene rings is 1. The van der Waals surface area contributed by atoms with E-state index in [2.05, 4.69) is 37.9 Å². The third-order valence-corrected chi connectivity index (χ3v) is 5.03. The fraction of sp³-hybridized carbons (Fsp3) is 0.650. The first-order chi connectivity index (χ1) is 11.4. The van der Waals surface area contributed by atoms with Crippen LogP contribution in [0.25, 0.3) is 0 Å². The van der Waals surface area contributed by atoms with Crippen molar-refractivity contribution >= 4 is 5.91 Å². The molecule has 1 atom stereocenters. The first kappa shape index (κ1) is 18.8. The van der Waals surface area contributed by atoms with Gasteiger partial charge in [-0.3, -0.25) is 4.79 Å². The number of ether oxygens (including phenoxy) is 1. The molecule has 134 valence electrons. The molecule has 1 aromatic carbocycles. The van der Waals surface area contributed by atoms with Crippen LogP contribution in [0.5, 0.6) is 5.75 Å². The molecule has 0 bridgehead atoms. The number of carbonyl (C=O) groups is 1. The summed E-state index contributed by atoms with van der Waals surface area (Å²) in [4.78, 5) is 15.0. The molecule has 4 nitrogen and oxygen atoms in total. The van der Waals surface area contributed by atoms with Gasteiger partial charge in [-0.05, 0) is 70.2 Å². The Balaban J connectivity index is 1.88. The van der Waals surface area contributed by atoms with Gasteiger partial charge in [-0.25, -0.2) is 0 Å². The zero-order chi connectivity index (χ0) is 17.7. The van der Waals surface area contributed by atoms with Gasteiger partial charge in [0.15, 0.2) is 6.10 Å². The van der Waals surface area contributed by atoms with Crippen LogP contribution >= 0.6 is 0 Å². The van der Waals surface area contributed by atoms with Crippen LogP contribution < -0.4 is 10.1 Å². The Morgan fingerprint density at radius 3 is 2.46 bits per heavy atom. The van der Waals surface area contributed by atoms with E-state index in [1.54, 1.807) is 0 Å². The molecule has 1 aromatic rings. The summed E-state index contributed by atoms with van der Waals surface area (Å²) in [5.41, 5.74) is 2.42.